The molecule has 0 saturated heterocycles. The molecule has 248 valence electrons. The Labute approximate surface area is 288 Å². The third-order valence-corrected chi connectivity index (χ3v) is 10.0. The van der Waals surface area contributed by atoms with E-state index in [9.17, 15) is 9.59 Å². The molecule has 0 radical (unpaired) electrons. The number of hydrogen-bond acceptors (Lipinski definition) is 3. The third-order valence-electron chi connectivity index (χ3n) is 10.0. The largest absolute Gasteiger partial charge is 0.426 e. The highest BCUT2D eigenvalue weighted by molar-refractivity contribution is 5.97. The first-order valence-electron chi connectivity index (χ1n) is 17.8. The van der Waals surface area contributed by atoms with Crippen molar-refractivity contribution in [1.29, 1.82) is 0 Å². The molecule has 2 aliphatic carbocycles. The Balaban J connectivity index is 0.000000190. The van der Waals surface area contributed by atoms with Crippen LogP contribution < -0.4 is 4.74 Å². The molecule has 2 aliphatic rings. The van der Waals surface area contributed by atoms with Crippen molar-refractivity contribution in [3.63, 3.8) is 0 Å². The Hall–Kier alpha value is -4.42. The summed E-state index contributed by atoms with van der Waals surface area (Å²) in [5, 5.41) is 0. The van der Waals surface area contributed by atoms with Crippen LogP contribution in [0, 0.1) is 43.4 Å². The number of hydrogen-bond donors (Lipinski definition) is 0. The maximum absolute atomic E-state index is 12.4. The molecule has 0 amide bonds. The van der Waals surface area contributed by atoms with Gasteiger partial charge < -0.3 is 4.74 Å². The van der Waals surface area contributed by atoms with Crippen molar-refractivity contribution < 1.29 is 14.3 Å². The second-order valence-electron chi connectivity index (χ2n) is 14.2. The van der Waals surface area contributed by atoms with Gasteiger partial charge in [-0.25, -0.2) is 0 Å². The van der Waals surface area contributed by atoms with Gasteiger partial charge in [-0.15, -0.1) is 0 Å². The lowest BCUT2D eigenvalue weighted by molar-refractivity contribution is -0.140. The molecule has 6 rings (SSSR count). The van der Waals surface area contributed by atoms with Crippen LogP contribution in [-0.4, -0.2) is 11.8 Å². The second-order valence-corrected chi connectivity index (χ2v) is 14.2. The molecule has 0 aromatic heterocycles. The summed E-state index contributed by atoms with van der Waals surface area (Å²) in [4.78, 5) is 24.7. The quantitative estimate of drug-likeness (QED) is 0.0913. The van der Waals surface area contributed by atoms with Gasteiger partial charge in [-0.05, 0) is 130 Å². The SMILES string of the molecule is Cc1ccc(C#Cc2ccc(C3CCC(C)CC3)cc2)cc1.Cc1ccc(CC(=O)c2ccc(OC(=O)C3CCC(C)CC3)cc2)cc1. The topological polar surface area (TPSA) is 43.4 Å². The Morgan fingerprint density at radius 3 is 1.62 bits per heavy atom. The highest BCUT2D eigenvalue weighted by atomic mass is 16.5. The molecule has 0 atom stereocenters. The van der Waals surface area contributed by atoms with Crippen molar-refractivity contribution in [1.82, 2.24) is 0 Å². The number of carbonyl (C=O) groups is 2. The molecule has 2 saturated carbocycles. The molecule has 0 unspecified atom stereocenters. The summed E-state index contributed by atoms with van der Waals surface area (Å²) in [6, 6.07) is 32.2. The van der Waals surface area contributed by atoms with Gasteiger partial charge in [-0.3, -0.25) is 9.59 Å². The lowest BCUT2D eigenvalue weighted by atomic mass is 9.79. The van der Waals surface area contributed by atoms with E-state index in [2.05, 4.69) is 81.1 Å². The first kappa shape index (κ1) is 34.9. The molecular weight excluding hydrogens is 588 g/mol. The molecule has 4 aromatic carbocycles. The predicted molar refractivity (Wildman–Crippen MR) is 196 cm³/mol. The minimum absolute atomic E-state index is 0.00838. The average Bonchev–Trinajstić information content (AvgIpc) is 3.10. The van der Waals surface area contributed by atoms with E-state index in [1.54, 1.807) is 24.3 Å². The van der Waals surface area contributed by atoms with Crippen molar-refractivity contribution in [3.8, 4) is 17.6 Å². The van der Waals surface area contributed by atoms with Crippen molar-refractivity contribution in [2.24, 2.45) is 17.8 Å². The highest BCUT2D eigenvalue weighted by Gasteiger charge is 2.26. The maximum atomic E-state index is 12.4. The van der Waals surface area contributed by atoms with Crippen LogP contribution in [0.1, 0.15) is 115 Å². The first-order chi connectivity index (χ1) is 23.2. The van der Waals surface area contributed by atoms with Gasteiger partial charge in [0.25, 0.3) is 0 Å². The summed E-state index contributed by atoms with van der Waals surface area (Å²) >= 11 is 0. The third kappa shape index (κ3) is 10.5. The van der Waals surface area contributed by atoms with Crippen molar-refractivity contribution in [2.75, 3.05) is 0 Å². The van der Waals surface area contributed by atoms with E-state index in [1.807, 2.05) is 31.2 Å². The molecule has 4 aromatic rings. The van der Waals surface area contributed by atoms with E-state index in [1.165, 1.54) is 42.4 Å². The van der Waals surface area contributed by atoms with Gasteiger partial charge in [0.05, 0.1) is 5.92 Å². The lowest BCUT2D eigenvalue weighted by Gasteiger charge is -2.26. The van der Waals surface area contributed by atoms with Gasteiger partial charge in [-0.2, -0.15) is 0 Å². The van der Waals surface area contributed by atoms with Gasteiger partial charge in [0, 0.05) is 23.1 Å². The molecule has 3 heteroatoms. The first-order valence-corrected chi connectivity index (χ1v) is 17.8. The van der Waals surface area contributed by atoms with Crippen LogP contribution in [0.4, 0.5) is 0 Å². The summed E-state index contributed by atoms with van der Waals surface area (Å²) in [6.45, 7) is 8.73. The van der Waals surface area contributed by atoms with Crippen molar-refractivity contribution in [2.45, 2.75) is 91.4 Å². The number of rotatable bonds is 6. The number of esters is 1. The molecule has 0 aliphatic heterocycles. The summed E-state index contributed by atoms with van der Waals surface area (Å²) in [5.41, 5.74) is 7.77. The maximum Gasteiger partial charge on any atom is 0.314 e. The van der Waals surface area contributed by atoms with Crippen molar-refractivity contribution in [3.05, 3.63) is 136 Å². The number of ether oxygens (including phenoxy) is 1. The predicted octanol–water partition coefficient (Wildman–Crippen LogP) is 10.8. The van der Waals surface area contributed by atoms with E-state index in [0.29, 0.717) is 23.7 Å². The van der Waals surface area contributed by atoms with Crippen LogP contribution in [0.3, 0.4) is 0 Å². The minimum Gasteiger partial charge on any atom is -0.426 e. The number of Topliss-reactive ketones (excluding diaryl/α,β-unsaturated/α-hetero) is 1. The Morgan fingerprint density at radius 2 is 1.08 bits per heavy atom. The van der Waals surface area contributed by atoms with E-state index in [0.717, 1.165) is 54.2 Å². The molecule has 2 fully saturated rings. The standard InChI is InChI=1S/C23H26O3.C22H24/c1-16-3-7-18(8-4-16)15-22(24)19-11-13-21(14-12-19)26-23(25)20-9-5-17(2)6-10-20;1-17-3-7-19(8-4-17)9-10-20-11-15-22(16-12-20)21-13-5-18(2)6-14-21/h3-4,7-8,11-14,17,20H,5-6,9-10,15H2,1-2H3;3-4,7-8,11-12,15-16,18,21H,5-6,13-14H2,1-2H3. The molecular formula is C45H50O3. The fraction of sp³-hybridized carbons (Fsp3) is 0.378. The molecule has 48 heavy (non-hydrogen) atoms. The lowest BCUT2D eigenvalue weighted by Crippen LogP contribution is -2.24. The number of carbonyl (C=O) groups excluding carboxylic acids is 2. The van der Waals surface area contributed by atoms with Crippen LogP contribution in [0.15, 0.2) is 97.1 Å². The van der Waals surface area contributed by atoms with Gasteiger partial charge in [-0.1, -0.05) is 98.2 Å². The molecule has 0 spiro atoms. The number of aryl methyl sites for hydroxylation is 2. The summed E-state index contributed by atoms with van der Waals surface area (Å²) in [6.07, 6.45) is 9.81. The van der Waals surface area contributed by atoms with Crippen LogP contribution in [0.5, 0.6) is 5.75 Å². The van der Waals surface area contributed by atoms with E-state index in [-0.39, 0.29) is 17.7 Å². The molecule has 3 nitrogen and oxygen atoms in total. The number of ketones is 1. The Bertz CT molecular complexity index is 1670. The van der Waals surface area contributed by atoms with E-state index < -0.39 is 0 Å². The van der Waals surface area contributed by atoms with Gasteiger partial charge in [0.1, 0.15) is 5.75 Å². The second kappa shape index (κ2) is 17.1. The summed E-state index contributed by atoms with van der Waals surface area (Å²) in [7, 11) is 0. The average molecular weight is 639 g/mol. The van der Waals surface area contributed by atoms with Crippen LogP contribution in [0.25, 0.3) is 0 Å². The molecule has 0 bridgehead atoms. The Kier molecular flexibility index (Phi) is 12.4. The van der Waals surface area contributed by atoms with Gasteiger partial charge >= 0.3 is 5.97 Å². The highest BCUT2D eigenvalue weighted by Crippen LogP contribution is 2.35. The van der Waals surface area contributed by atoms with E-state index >= 15 is 0 Å². The fourth-order valence-corrected chi connectivity index (χ4v) is 6.61. The summed E-state index contributed by atoms with van der Waals surface area (Å²) < 4.78 is 5.51. The van der Waals surface area contributed by atoms with Crippen LogP contribution >= 0.6 is 0 Å². The zero-order valence-corrected chi connectivity index (χ0v) is 29.1. The van der Waals surface area contributed by atoms with Crippen molar-refractivity contribution >= 4 is 11.8 Å². The van der Waals surface area contributed by atoms with Gasteiger partial charge in [0.15, 0.2) is 5.78 Å². The zero-order chi connectivity index (χ0) is 33.9. The normalized spacial score (nSPS) is 20.3. The molecule has 0 heterocycles. The van der Waals surface area contributed by atoms with Gasteiger partial charge in [0.2, 0.25) is 0 Å². The smallest absolute Gasteiger partial charge is 0.314 e. The monoisotopic (exact) mass is 638 g/mol. The summed E-state index contributed by atoms with van der Waals surface area (Å²) in [5.74, 6) is 9.33. The van der Waals surface area contributed by atoms with E-state index in [4.69, 9.17) is 4.74 Å². The number of benzene rings is 4. The molecule has 0 N–H and O–H groups in total. The van der Waals surface area contributed by atoms with Crippen LogP contribution in [-0.2, 0) is 11.2 Å². The Morgan fingerprint density at radius 1 is 0.604 bits per heavy atom. The van der Waals surface area contributed by atoms with Crippen LogP contribution in [0.2, 0.25) is 0 Å². The zero-order valence-electron chi connectivity index (χ0n) is 29.1. The fourth-order valence-electron chi connectivity index (χ4n) is 6.61. The minimum atomic E-state index is -0.143.